The van der Waals surface area contributed by atoms with Gasteiger partial charge in [0.2, 0.25) is 0 Å². The molecule has 4 aliphatic rings. The lowest BCUT2D eigenvalue weighted by molar-refractivity contribution is 0.103. The van der Waals surface area contributed by atoms with Crippen LogP contribution >= 0.6 is 79.4 Å². The normalized spacial score (nSPS) is 16.8. The van der Waals surface area contributed by atoms with Gasteiger partial charge >= 0.3 is 0 Å². The van der Waals surface area contributed by atoms with E-state index >= 15 is 4.79 Å². The Kier molecular flexibility index (Phi) is 33.3. The smallest absolute Gasteiger partial charge is 0.270 e. The molecule has 15 aromatic rings. The number of rotatable bonds is 45. The third-order valence-corrected chi connectivity index (χ3v) is 40.3. The average Bonchev–Trinajstić information content (AvgIpc) is 1.48. The summed E-state index contributed by atoms with van der Waals surface area (Å²) in [5.41, 5.74) is 17.5. The van der Waals surface area contributed by atoms with Gasteiger partial charge in [-0.25, -0.2) is 20.2 Å². The van der Waals surface area contributed by atoms with Gasteiger partial charge in [0.1, 0.15) is 0 Å². The standard InChI is InChI=1S/C134H128N4O2S7/c1-11-19-27-32-44-87(41-24-16-6)73-91-53-61-99(62-54-91)133(100-63-55-92(56-64-100)76-90(47-35-30-22-14-4)48-36-31-23-15-5)111-83-116(114-71-69-103(141-114)81-109-119(112(85-135)137-9)105-77-95-49-37-39-51-97(95)79-107(105)124(109)139)143-126(111)128-122(133)130-132(146-128)123-131(147-130)129-121(127-118(145-129)84-117(144-127)115-72-70-104(142-115)82-110-120(113(86-136)138-10)106-78-96-50-38-40-52-98(96)80-108(106)125(110)140)134(123,101-65-57-93(58-66-101)74-88(42-25-17-7)45-33-28-20-12-2)102-67-59-94(60-68-102)75-89(43-26-18-8)46-34-29-21-13-3/h4,37-40,49-72,77-84,87-90H,11-13,15-21,23-29,31-34,36,41-46,48,73-76H2,1-3,5-8H3/b109-81-,110-82-,119-112?,120-113+. The number of benzene rings is 8. The Balaban J connectivity index is 0.847. The van der Waals surface area contributed by atoms with Crippen molar-refractivity contribution in [3.63, 3.8) is 0 Å². The quantitative estimate of drug-likeness (QED) is 0.0125. The fourth-order valence-electron chi connectivity index (χ4n) is 23.9. The maximum Gasteiger partial charge on any atom is 0.270 e. The molecule has 0 bridgehead atoms. The van der Waals surface area contributed by atoms with Crippen molar-refractivity contribution in [1.82, 2.24) is 0 Å². The van der Waals surface area contributed by atoms with E-state index in [-0.39, 0.29) is 28.9 Å². The Morgan fingerprint density at radius 2 is 0.721 bits per heavy atom. The summed E-state index contributed by atoms with van der Waals surface area (Å²) in [5.74, 6) is 16.5. The first-order valence-electron chi connectivity index (χ1n) is 54.2. The number of hydrogen-bond acceptors (Lipinski definition) is 11. The van der Waals surface area contributed by atoms with Crippen LogP contribution in [0.15, 0.2) is 229 Å². The van der Waals surface area contributed by atoms with Gasteiger partial charge in [-0.3, -0.25) is 9.59 Å². The molecule has 6 nitrogen and oxygen atoms in total. The van der Waals surface area contributed by atoms with Crippen molar-refractivity contribution in [2.75, 3.05) is 0 Å². The lowest BCUT2D eigenvalue weighted by Gasteiger charge is -2.34. The van der Waals surface area contributed by atoms with E-state index in [1.807, 2.05) is 142 Å². The third kappa shape index (κ3) is 20.8. The number of allylic oxidation sites excluding steroid dienone is 6. The van der Waals surface area contributed by atoms with E-state index in [1.165, 1.54) is 266 Å². The molecule has 0 amide bonds. The van der Waals surface area contributed by atoms with Crippen LogP contribution in [-0.4, -0.2) is 11.6 Å². The van der Waals surface area contributed by atoms with Gasteiger partial charge in [0.25, 0.3) is 11.4 Å². The van der Waals surface area contributed by atoms with Crippen molar-refractivity contribution >= 4 is 155 Å². The van der Waals surface area contributed by atoms with Crippen molar-refractivity contribution in [3.8, 4) is 87.2 Å². The summed E-state index contributed by atoms with van der Waals surface area (Å²) in [4.78, 5) is 49.0. The number of ketones is 2. The Morgan fingerprint density at radius 1 is 0.354 bits per heavy atom. The second kappa shape index (κ2) is 47.4. The topological polar surface area (TPSA) is 90.4 Å². The fourth-order valence-corrected chi connectivity index (χ4v) is 33.3. The van der Waals surface area contributed by atoms with E-state index < -0.39 is 10.8 Å². The van der Waals surface area contributed by atoms with E-state index in [4.69, 9.17) is 19.6 Å². The molecule has 7 aromatic heterocycles. The minimum Gasteiger partial charge on any atom is -0.289 e. The van der Waals surface area contributed by atoms with E-state index in [1.54, 1.807) is 22.7 Å². The molecule has 8 aromatic carbocycles. The molecule has 0 saturated heterocycles. The Morgan fingerprint density at radius 3 is 1.13 bits per heavy atom. The molecule has 7 heterocycles. The number of hydrogen-bond donors (Lipinski definition) is 0. The average molecular weight is 2050 g/mol. The molecular weight excluding hydrogens is 1920 g/mol. The zero-order valence-corrected chi connectivity index (χ0v) is 91.7. The van der Waals surface area contributed by atoms with Gasteiger partial charge in [-0.2, -0.15) is 0 Å². The molecule has 5 unspecified atom stereocenters. The Hall–Kier alpha value is -12.4. The van der Waals surface area contributed by atoms with Crippen molar-refractivity contribution < 1.29 is 9.59 Å². The first-order chi connectivity index (χ1) is 72.2. The predicted octanol–water partition coefficient (Wildman–Crippen LogP) is 39.4. The van der Waals surface area contributed by atoms with E-state index in [2.05, 4.69) is 233 Å². The number of thiophene rings is 7. The summed E-state index contributed by atoms with van der Waals surface area (Å²) < 4.78 is 5.15. The van der Waals surface area contributed by atoms with Gasteiger partial charge < -0.3 is 0 Å². The number of fused-ring (bicyclic) bond motifs is 15. The highest BCUT2D eigenvalue weighted by molar-refractivity contribution is 7.37. The van der Waals surface area contributed by atoms with Crippen molar-refractivity contribution in [2.24, 2.45) is 23.7 Å². The number of nitriles is 2. The van der Waals surface area contributed by atoms with Crippen LogP contribution in [0.4, 0.5) is 0 Å². The molecule has 147 heavy (non-hydrogen) atoms. The maximum absolute atomic E-state index is 15.1. The first-order valence-corrected chi connectivity index (χ1v) is 59.9. The second-order valence-electron chi connectivity index (χ2n) is 41.2. The summed E-state index contributed by atoms with van der Waals surface area (Å²) in [6.45, 7) is 32.9. The molecule has 0 fully saturated rings. The van der Waals surface area contributed by atoms with Gasteiger partial charge in [-0.05, 0) is 229 Å². The van der Waals surface area contributed by atoms with E-state index in [9.17, 15) is 15.3 Å². The predicted molar refractivity (Wildman–Crippen MR) is 630 cm³/mol. The van der Waals surface area contributed by atoms with Crippen LogP contribution in [0, 0.1) is 95.5 Å². The lowest BCUT2D eigenvalue weighted by Crippen LogP contribution is -2.29. The van der Waals surface area contributed by atoms with Crippen LogP contribution in [0.5, 0.6) is 0 Å². The first kappa shape index (κ1) is 103. The SMILES string of the molecule is [C-]#[N+]C(C#N)=C1/C(=C/c2ccc(-c3cc4c(s3)-c3sc5c6c(sc5c3C4(c3ccc(CC(C#CC#CC#C)CCCCCC)cc3)c3ccc(CC(CCCC)CCCCCC)cc3)-c3sc4cc(-c5ccc(/C=C7\C(=O)c8cc9ccccc9cc8\C7=C(\C#N)[N+]#[C-])s5)sc4c3C6(c3ccc(CC(CCCC)CCCCCC)cc3)c3ccc(CC(CCCC)CCCCCC)cc3)s2)C(=O)c2cc3ccccc3cc21. The minimum absolute atomic E-state index is 0.0784. The Bertz CT molecular complexity index is 7840. The molecule has 19 rings (SSSR count). The zero-order chi connectivity index (χ0) is 102. The van der Waals surface area contributed by atoms with Crippen LogP contribution in [0.25, 0.3) is 112 Å². The van der Waals surface area contributed by atoms with Crippen LogP contribution in [-0.2, 0) is 36.5 Å². The zero-order valence-electron chi connectivity index (χ0n) is 86.0. The molecular formula is C134H128N4O2S7. The summed E-state index contributed by atoms with van der Waals surface area (Å²) >= 11 is 13.1. The fraction of sp³-hybridized carbons (Fsp3) is 0.343. The third-order valence-electron chi connectivity index (χ3n) is 31.4. The summed E-state index contributed by atoms with van der Waals surface area (Å²) in [6, 6.07) is 81.9. The number of terminal acetylenes is 1. The highest BCUT2D eigenvalue weighted by atomic mass is 32.1. The van der Waals surface area contributed by atoms with Gasteiger partial charge in [0.05, 0.1) is 69.7 Å². The number of carbonyl (C=O) groups is 2. The van der Waals surface area contributed by atoms with E-state index in [0.717, 1.165) is 102 Å². The van der Waals surface area contributed by atoms with Crippen molar-refractivity contribution in [2.45, 2.75) is 271 Å². The Labute approximate surface area is 899 Å². The van der Waals surface area contributed by atoms with Gasteiger partial charge in [0, 0.05) is 90.0 Å². The molecule has 0 radical (unpaired) electrons. The molecule has 738 valence electrons. The van der Waals surface area contributed by atoms with Crippen LogP contribution in [0.1, 0.15) is 343 Å². The molecule has 0 aliphatic heterocycles. The minimum atomic E-state index is -0.860. The highest BCUT2D eigenvalue weighted by Gasteiger charge is 2.56. The van der Waals surface area contributed by atoms with E-state index in [0.29, 0.717) is 62.3 Å². The van der Waals surface area contributed by atoms with Crippen molar-refractivity contribution in [1.29, 1.82) is 10.5 Å². The van der Waals surface area contributed by atoms with Crippen molar-refractivity contribution in [3.05, 3.63) is 350 Å². The summed E-state index contributed by atoms with van der Waals surface area (Å²) in [7, 11) is 0. The molecule has 13 heteroatoms. The van der Waals surface area contributed by atoms with Crippen LogP contribution < -0.4 is 0 Å². The summed E-state index contributed by atoms with van der Waals surface area (Å²) in [6.07, 6.45) is 48.6. The lowest BCUT2D eigenvalue weighted by atomic mass is 9.67. The second-order valence-corrected chi connectivity index (χ2v) is 48.6. The number of carbonyl (C=O) groups excluding carboxylic acids is 2. The molecule has 0 saturated carbocycles. The number of Topliss-reactive ketones (excluding diaryl/α,β-unsaturated/α-hetero) is 2. The van der Waals surface area contributed by atoms with Gasteiger partial charge in [-0.1, -0.05) is 380 Å². The number of nitrogens with zero attached hydrogens (tertiary/aromatic N) is 4. The van der Waals surface area contributed by atoms with Gasteiger partial charge in [-0.15, -0.1) is 85.8 Å². The van der Waals surface area contributed by atoms with Crippen LogP contribution in [0.2, 0.25) is 0 Å². The summed E-state index contributed by atoms with van der Waals surface area (Å²) in [5, 5.41) is 25.1. The largest absolute Gasteiger partial charge is 0.289 e. The van der Waals surface area contributed by atoms with Crippen LogP contribution in [0.3, 0.4) is 0 Å². The molecule has 0 N–H and O–H groups in total. The molecule has 5 atom stereocenters. The number of unbranched alkanes of at least 4 members (excludes halogenated alkanes) is 15. The maximum atomic E-state index is 15.1. The molecule has 4 aliphatic carbocycles. The molecule has 0 spiro atoms. The van der Waals surface area contributed by atoms with Gasteiger partial charge in [0.15, 0.2) is 11.6 Å². The highest BCUT2D eigenvalue weighted by Crippen LogP contribution is 2.72. The monoisotopic (exact) mass is 2050 g/mol.